The third-order valence-corrected chi connectivity index (χ3v) is 7.68. The fourth-order valence-electron chi connectivity index (χ4n) is 3.54. The van der Waals surface area contributed by atoms with E-state index in [-0.39, 0.29) is 23.7 Å². The van der Waals surface area contributed by atoms with Crippen molar-refractivity contribution in [2.45, 2.75) is 38.5 Å². The Morgan fingerprint density at radius 3 is 2.67 bits per heavy atom. The second-order valence-corrected chi connectivity index (χ2v) is 9.56. The van der Waals surface area contributed by atoms with Gasteiger partial charge in [-0.05, 0) is 51.1 Å². The highest BCUT2D eigenvalue weighted by Gasteiger charge is 2.22. The van der Waals surface area contributed by atoms with E-state index in [9.17, 15) is 9.59 Å². The van der Waals surface area contributed by atoms with Gasteiger partial charge in [0.25, 0.3) is 0 Å². The number of imidazole rings is 1. The summed E-state index contributed by atoms with van der Waals surface area (Å²) in [6.45, 7) is 6.85. The van der Waals surface area contributed by atoms with Crippen molar-refractivity contribution in [3.05, 3.63) is 53.0 Å². The molecule has 0 N–H and O–H groups in total. The maximum absolute atomic E-state index is 13.0. The number of thioether (sulfide) groups is 1. The topological polar surface area (TPSA) is 77.3 Å². The first kappa shape index (κ1) is 23.3. The standard InChI is InChI=1S/C24H26N4O3S2/c1-5-28-19-12-11-16(23(30)31-6-2)13-18(19)26-24(28)32-14-21(29)27(4)15(3)22-25-17-9-7-8-10-20(17)33-22/h7-13,15H,5-6,14H2,1-4H3. The third kappa shape index (κ3) is 4.74. The number of amides is 1. The molecule has 0 spiro atoms. The van der Waals surface area contributed by atoms with Gasteiger partial charge in [0.2, 0.25) is 5.91 Å². The lowest BCUT2D eigenvalue weighted by Gasteiger charge is -2.23. The summed E-state index contributed by atoms with van der Waals surface area (Å²) < 4.78 is 8.26. The average molecular weight is 483 g/mol. The van der Waals surface area contributed by atoms with E-state index in [0.29, 0.717) is 24.2 Å². The number of ether oxygens (including phenoxy) is 1. The van der Waals surface area contributed by atoms with Crippen LogP contribution in [0, 0.1) is 0 Å². The van der Waals surface area contributed by atoms with Crippen LogP contribution in [0.3, 0.4) is 0 Å². The summed E-state index contributed by atoms with van der Waals surface area (Å²) in [7, 11) is 1.81. The molecule has 0 fully saturated rings. The van der Waals surface area contributed by atoms with Crippen LogP contribution in [0.4, 0.5) is 0 Å². The van der Waals surface area contributed by atoms with Crippen LogP contribution in [0.1, 0.15) is 42.2 Å². The van der Waals surface area contributed by atoms with E-state index in [4.69, 9.17) is 4.74 Å². The first-order chi connectivity index (χ1) is 15.9. The molecule has 9 heteroatoms. The summed E-state index contributed by atoms with van der Waals surface area (Å²) in [6.07, 6.45) is 0. The fraction of sp³-hybridized carbons (Fsp3) is 0.333. The SMILES string of the molecule is CCOC(=O)c1ccc2c(c1)nc(SCC(=O)N(C)C(C)c1nc3ccccc3s1)n2CC. The number of carbonyl (C=O) groups excluding carboxylic acids is 2. The van der Waals surface area contributed by atoms with Gasteiger partial charge in [0.15, 0.2) is 5.16 Å². The van der Waals surface area contributed by atoms with Crippen LogP contribution >= 0.6 is 23.1 Å². The number of aromatic nitrogens is 3. The Bertz CT molecular complexity index is 1280. The van der Waals surface area contributed by atoms with E-state index >= 15 is 0 Å². The molecule has 1 amide bonds. The molecular weight excluding hydrogens is 456 g/mol. The number of esters is 1. The molecule has 0 aliphatic heterocycles. The predicted octanol–water partition coefficient (Wildman–Crippen LogP) is 5.15. The molecule has 1 unspecified atom stereocenters. The highest BCUT2D eigenvalue weighted by atomic mass is 32.2. The third-order valence-electron chi connectivity index (χ3n) is 5.51. The van der Waals surface area contributed by atoms with Gasteiger partial charge in [0, 0.05) is 13.6 Å². The molecule has 0 saturated carbocycles. The number of hydrogen-bond acceptors (Lipinski definition) is 7. The van der Waals surface area contributed by atoms with E-state index < -0.39 is 0 Å². The monoisotopic (exact) mass is 482 g/mol. The lowest BCUT2D eigenvalue weighted by atomic mass is 10.2. The quantitative estimate of drug-likeness (QED) is 0.255. The Morgan fingerprint density at radius 1 is 1.15 bits per heavy atom. The van der Waals surface area contributed by atoms with Gasteiger partial charge >= 0.3 is 5.97 Å². The average Bonchev–Trinajstić information content (AvgIpc) is 3.42. The van der Waals surface area contributed by atoms with Crippen LogP contribution in [0.25, 0.3) is 21.3 Å². The van der Waals surface area contributed by atoms with Crippen molar-refractivity contribution in [1.82, 2.24) is 19.4 Å². The largest absolute Gasteiger partial charge is 0.462 e. The van der Waals surface area contributed by atoms with Crippen molar-refractivity contribution in [3.8, 4) is 0 Å². The van der Waals surface area contributed by atoms with Crippen molar-refractivity contribution in [2.75, 3.05) is 19.4 Å². The normalized spacial score (nSPS) is 12.2. The van der Waals surface area contributed by atoms with Gasteiger partial charge in [0.1, 0.15) is 5.01 Å². The van der Waals surface area contributed by atoms with Crippen molar-refractivity contribution >= 4 is 56.2 Å². The van der Waals surface area contributed by atoms with Gasteiger partial charge in [0.05, 0.1) is 45.2 Å². The number of nitrogens with zero attached hydrogens (tertiary/aromatic N) is 4. The Morgan fingerprint density at radius 2 is 1.94 bits per heavy atom. The second-order valence-electron chi connectivity index (χ2n) is 7.55. The number of fused-ring (bicyclic) bond motifs is 2. The van der Waals surface area contributed by atoms with Gasteiger partial charge in [-0.1, -0.05) is 23.9 Å². The number of aryl methyl sites for hydroxylation is 1. The first-order valence-electron chi connectivity index (χ1n) is 10.8. The minimum atomic E-state index is -0.361. The Labute approximate surface area is 200 Å². The lowest BCUT2D eigenvalue weighted by molar-refractivity contribution is -0.128. The molecule has 2 aromatic heterocycles. The summed E-state index contributed by atoms with van der Waals surface area (Å²) in [5, 5.41) is 1.67. The smallest absolute Gasteiger partial charge is 0.338 e. The van der Waals surface area contributed by atoms with Gasteiger partial charge in [-0.2, -0.15) is 0 Å². The van der Waals surface area contributed by atoms with E-state index in [2.05, 4.69) is 14.5 Å². The molecule has 0 radical (unpaired) electrons. The van der Waals surface area contributed by atoms with Gasteiger partial charge < -0.3 is 14.2 Å². The lowest BCUT2D eigenvalue weighted by Crippen LogP contribution is -2.31. The number of para-hydroxylation sites is 1. The van der Waals surface area contributed by atoms with Gasteiger partial charge in [-0.15, -0.1) is 11.3 Å². The summed E-state index contributed by atoms with van der Waals surface area (Å²) in [4.78, 5) is 36.1. The Kier molecular flexibility index (Phi) is 6.99. The molecule has 0 aliphatic carbocycles. The maximum Gasteiger partial charge on any atom is 0.338 e. The summed E-state index contributed by atoms with van der Waals surface area (Å²) in [5.74, 6) is -0.0891. The summed E-state index contributed by atoms with van der Waals surface area (Å²) in [5.41, 5.74) is 3.07. The number of carbonyl (C=O) groups is 2. The van der Waals surface area contributed by atoms with Crippen LogP contribution in [0.5, 0.6) is 0 Å². The molecule has 2 aromatic carbocycles. The van der Waals surface area contributed by atoms with Gasteiger partial charge in [-0.25, -0.2) is 14.8 Å². The van der Waals surface area contributed by atoms with E-state index in [1.54, 1.807) is 35.3 Å². The van der Waals surface area contributed by atoms with Crippen LogP contribution in [0.2, 0.25) is 0 Å². The molecular formula is C24H26N4O3S2. The molecule has 4 aromatic rings. The molecule has 2 heterocycles. The van der Waals surface area contributed by atoms with E-state index in [1.807, 2.05) is 51.2 Å². The Hall–Kier alpha value is -2.91. The van der Waals surface area contributed by atoms with Crippen LogP contribution in [0.15, 0.2) is 47.6 Å². The van der Waals surface area contributed by atoms with Crippen LogP contribution in [-0.2, 0) is 16.1 Å². The molecule has 0 saturated heterocycles. The molecule has 0 bridgehead atoms. The van der Waals surface area contributed by atoms with Crippen molar-refractivity contribution < 1.29 is 14.3 Å². The molecule has 4 rings (SSSR count). The number of rotatable bonds is 8. The summed E-state index contributed by atoms with van der Waals surface area (Å²) in [6, 6.07) is 13.3. The van der Waals surface area contributed by atoms with E-state index in [1.165, 1.54) is 11.8 Å². The zero-order valence-corrected chi connectivity index (χ0v) is 20.7. The molecule has 172 valence electrons. The highest BCUT2D eigenvalue weighted by Crippen LogP contribution is 2.30. The van der Waals surface area contributed by atoms with Crippen LogP contribution < -0.4 is 0 Å². The number of hydrogen-bond donors (Lipinski definition) is 0. The zero-order valence-electron chi connectivity index (χ0n) is 19.1. The molecule has 0 aliphatic rings. The first-order valence-corrected chi connectivity index (χ1v) is 12.6. The minimum absolute atomic E-state index is 0.00804. The van der Waals surface area contributed by atoms with Crippen molar-refractivity contribution in [2.24, 2.45) is 0 Å². The molecule has 1 atom stereocenters. The van der Waals surface area contributed by atoms with Gasteiger partial charge in [-0.3, -0.25) is 4.79 Å². The molecule has 7 nitrogen and oxygen atoms in total. The predicted molar refractivity (Wildman–Crippen MR) is 133 cm³/mol. The fourth-order valence-corrected chi connectivity index (χ4v) is 5.61. The minimum Gasteiger partial charge on any atom is -0.462 e. The zero-order chi connectivity index (χ0) is 23.5. The van der Waals surface area contributed by atoms with Crippen LogP contribution in [-0.4, -0.2) is 50.7 Å². The van der Waals surface area contributed by atoms with Crippen molar-refractivity contribution in [3.63, 3.8) is 0 Å². The summed E-state index contributed by atoms with van der Waals surface area (Å²) >= 11 is 3.02. The number of thiazole rings is 1. The number of benzene rings is 2. The molecule has 33 heavy (non-hydrogen) atoms. The van der Waals surface area contributed by atoms with Crippen molar-refractivity contribution in [1.29, 1.82) is 0 Å². The van der Waals surface area contributed by atoms with E-state index in [0.717, 1.165) is 25.9 Å². The second kappa shape index (κ2) is 9.93. The Balaban J connectivity index is 1.48. The maximum atomic E-state index is 13.0. The highest BCUT2D eigenvalue weighted by molar-refractivity contribution is 7.99.